The summed E-state index contributed by atoms with van der Waals surface area (Å²) < 4.78 is 1.90. The van der Waals surface area contributed by atoms with Gasteiger partial charge < -0.3 is 15.2 Å². The highest BCUT2D eigenvalue weighted by molar-refractivity contribution is 6.03. The number of rotatable bonds is 2. The Morgan fingerprint density at radius 3 is 2.85 bits per heavy atom. The molecule has 1 aromatic carbocycles. The largest absolute Gasteiger partial charge is 0.344 e. The lowest BCUT2D eigenvalue weighted by molar-refractivity contribution is 0.101. The minimum absolute atomic E-state index is 0.0654. The lowest BCUT2D eigenvalue weighted by atomic mass is 10.0. The first kappa shape index (κ1) is 12.9. The van der Waals surface area contributed by atoms with Gasteiger partial charge in [0.2, 0.25) is 0 Å². The molecule has 4 heteroatoms. The maximum Gasteiger partial charge on any atom is 0.272 e. The average molecular weight is 269 g/mol. The lowest BCUT2D eigenvalue weighted by Gasteiger charge is -2.18. The Morgan fingerprint density at radius 1 is 1.25 bits per heavy atom. The van der Waals surface area contributed by atoms with Gasteiger partial charge in [0.15, 0.2) is 0 Å². The second-order valence-electron chi connectivity index (χ2n) is 5.28. The van der Waals surface area contributed by atoms with E-state index in [1.807, 2.05) is 36.7 Å². The van der Waals surface area contributed by atoms with Crippen molar-refractivity contribution >= 4 is 11.6 Å². The number of carbonyl (C=O) groups is 1. The van der Waals surface area contributed by atoms with Crippen molar-refractivity contribution in [3.63, 3.8) is 0 Å². The number of carbonyl (C=O) groups excluding carboxylic acids is 1. The van der Waals surface area contributed by atoms with Crippen LogP contribution in [0.5, 0.6) is 0 Å². The quantitative estimate of drug-likeness (QED) is 0.878. The van der Waals surface area contributed by atoms with Gasteiger partial charge in [0, 0.05) is 25.0 Å². The van der Waals surface area contributed by atoms with Crippen LogP contribution in [0.4, 0.5) is 5.69 Å². The minimum atomic E-state index is -0.0654. The second-order valence-corrected chi connectivity index (χ2v) is 5.28. The van der Waals surface area contributed by atoms with Gasteiger partial charge in [-0.25, -0.2) is 0 Å². The molecule has 1 aromatic heterocycles. The first-order valence-corrected chi connectivity index (χ1v) is 6.91. The summed E-state index contributed by atoms with van der Waals surface area (Å²) >= 11 is 0. The van der Waals surface area contributed by atoms with Crippen molar-refractivity contribution < 1.29 is 4.79 Å². The number of aromatic nitrogens is 1. The van der Waals surface area contributed by atoms with Crippen LogP contribution < -0.4 is 10.6 Å². The van der Waals surface area contributed by atoms with Crippen LogP contribution >= 0.6 is 0 Å². The van der Waals surface area contributed by atoms with Gasteiger partial charge >= 0.3 is 0 Å². The van der Waals surface area contributed by atoms with Gasteiger partial charge in [-0.1, -0.05) is 6.07 Å². The Kier molecular flexibility index (Phi) is 3.32. The summed E-state index contributed by atoms with van der Waals surface area (Å²) in [5.74, 6) is -0.0654. The number of aryl methyl sites for hydroxylation is 1. The zero-order valence-corrected chi connectivity index (χ0v) is 11.9. The molecule has 3 rings (SSSR count). The molecule has 1 aliphatic heterocycles. The number of hydrogen-bond acceptors (Lipinski definition) is 2. The van der Waals surface area contributed by atoms with Gasteiger partial charge in [0.05, 0.1) is 0 Å². The smallest absolute Gasteiger partial charge is 0.272 e. The summed E-state index contributed by atoms with van der Waals surface area (Å²) in [6.45, 7) is 3.89. The molecular weight excluding hydrogens is 250 g/mol. The molecule has 2 heterocycles. The van der Waals surface area contributed by atoms with Gasteiger partial charge in [-0.3, -0.25) is 4.79 Å². The Balaban J connectivity index is 1.81. The zero-order valence-electron chi connectivity index (χ0n) is 11.9. The van der Waals surface area contributed by atoms with Crippen molar-refractivity contribution in [1.82, 2.24) is 9.88 Å². The Hall–Kier alpha value is -2.07. The second kappa shape index (κ2) is 5.13. The molecule has 1 aliphatic rings. The van der Waals surface area contributed by atoms with Crippen LogP contribution in [0.3, 0.4) is 0 Å². The van der Waals surface area contributed by atoms with Gasteiger partial charge in [-0.05, 0) is 55.3 Å². The third kappa shape index (κ3) is 2.34. The number of benzene rings is 1. The number of nitrogens with one attached hydrogen (secondary N) is 2. The Bertz CT molecular complexity index is 658. The van der Waals surface area contributed by atoms with Crippen molar-refractivity contribution in [2.75, 3.05) is 11.9 Å². The van der Waals surface area contributed by atoms with E-state index < -0.39 is 0 Å². The number of nitrogens with zero attached hydrogens (tertiary/aromatic N) is 1. The normalized spacial score (nSPS) is 13.9. The molecule has 0 unspecified atom stereocenters. The molecule has 0 spiro atoms. The van der Waals surface area contributed by atoms with Crippen LogP contribution in [-0.4, -0.2) is 17.0 Å². The lowest BCUT2D eigenvalue weighted by Crippen LogP contribution is -2.24. The van der Waals surface area contributed by atoms with E-state index >= 15 is 0 Å². The Morgan fingerprint density at radius 2 is 2.10 bits per heavy atom. The topological polar surface area (TPSA) is 46.1 Å². The van der Waals surface area contributed by atoms with Gasteiger partial charge in [0.1, 0.15) is 5.69 Å². The molecule has 2 N–H and O–H groups in total. The van der Waals surface area contributed by atoms with Crippen molar-refractivity contribution in [1.29, 1.82) is 0 Å². The van der Waals surface area contributed by atoms with Crippen LogP contribution in [0.15, 0.2) is 30.3 Å². The first-order chi connectivity index (χ1) is 9.65. The molecule has 104 valence electrons. The van der Waals surface area contributed by atoms with E-state index in [0.717, 1.165) is 30.9 Å². The van der Waals surface area contributed by atoms with Crippen LogP contribution in [0.1, 0.15) is 27.3 Å². The van der Waals surface area contributed by atoms with E-state index in [2.05, 4.69) is 22.8 Å². The van der Waals surface area contributed by atoms with E-state index in [-0.39, 0.29) is 5.91 Å². The highest BCUT2D eigenvalue weighted by Crippen LogP contribution is 2.19. The van der Waals surface area contributed by atoms with Gasteiger partial charge in [-0.2, -0.15) is 0 Å². The third-order valence-corrected chi connectivity index (χ3v) is 3.96. The average Bonchev–Trinajstić information content (AvgIpc) is 2.79. The number of fused-ring (bicyclic) bond motifs is 1. The molecule has 20 heavy (non-hydrogen) atoms. The summed E-state index contributed by atoms with van der Waals surface area (Å²) in [6.07, 6.45) is 1.06. The molecule has 2 aromatic rings. The standard InChI is InChI=1S/C16H19N3O/c1-11-3-6-15(19(11)2)16(20)18-14-5-4-12-7-8-17-10-13(12)9-14/h3-6,9,17H,7-8,10H2,1-2H3,(H,18,20). The maximum atomic E-state index is 12.3. The molecule has 0 bridgehead atoms. The highest BCUT2D eigenvalue weighted by atomic mass is 16.1. The monoisotopic (exact) mass is 269 g/mol. The van der Waals surface area contributed by atoms with Crippen molar-refractivity contribution in [3.8, 4) is 0 Å². The summed E-state index contributed by atoms with van der Waals surface area (Å²) in [7, 11) is 1.90. The SMILES string of the molecule is Cc1ccc(C(=O)Nc2ccc3c(c2)CNCC3)n1C. The van der Waals surface area contributed by atoms with Crippen molar-refractivity contribution in [2.24, 2.45) is 7.05 Å². The molecular formula is C16H19N3O. The third-order valence-electron chi connectivity index (χ3n) is 3.96. The van der Waals surface area contributed by atoms with Crippen LogP contribution in [-0.2, 0) is 20.0 Å². The maximum absolute atomic E-state index is 12.3. The number of anilines is 1. The molecule has 0 fully saturated rings. The fourth-order valence-corrected chi connectivity index (χ4v) is 2.59. The zero-order chi connectivity index (χ0) is 14.1. The van der Waals surface area contributed by atoms with Gasteiger partial charge in [-0.15, -0.1) is 0 Å². The highest BCUT2D eigenvalue weighted by Gasteiger charge is 2.13. The van der Waals surface area contributed by atoms with E-state index in [1.165, 1.54) is 11.1 Å². The predicted octanol–water partition coefficient (Wildman–Crippen LogP) is 2.23. The molecule has 0 saturated heterocycles. The fourth-order valence-electron chi connectivity index (χ4n) is 2.59. The first-order valence-electron chi connectivity index (χ1n) is 6.91. The molecule has 1 amide bonds. The van der Waals surface area contributed by atoms with E-state index in [9.17, 15) is 4.79 Å². The van der Waals surface area contributed by atoms with Crippen molar-refractivity contribution in [3.05, 3.63) is 52.8 Å². The van der Waals surface area contributed by atoms with Crippen LogP contribution in [0, 0.1) is 6.92 Å². The van der Waals surface area contributed by atoms with Crippen LogP contribution in [0.2, 0.25) is 0 Å². The molecule has 4 nitrogen and oxygen atoms in total. The summed E-state index contributed by atoms with van der Waals surface area (Å²) in [5, 5.41) is 6.32. The minimum Gasteiger partial charge on any atom is -0.344 e. The summed E-state index contributed by atoms with van der Waals surface area (Å²) in [6, 6.07) is 9.96. The van der Waals surface area contributed by atoms with E-state index in [1.54, 1.807) is 0 Å². The molecule has 0 saturated carbocycles. The van der Waals surface area contributed by atoms with Crippen LogP contribution in [0.25, 0.3) is 0 Å². The molecule has 0 aliphatic carbocycles. The van der Waals surface area contributed by atoms with Gasteiger partial charge in [0.25, 0.3) is 5.91 Å². The fraction of sp³-hybridized carbons (Fsp3) is 0.312. The summed E-state index contributed by atoms with van der Waals surface area (Å²) in [4.78, 5) is 12.3. The number of hydrogen-bond donors (Lipinski definition) is 2. The number of amides is 1. The molecule has 0 radical (unpaired) electrons. The molecule has 0 atom stereocenters. The Labute approximate surface area is 118 Å². The van der Waals surface area contributed by atoms with Crippen molar-refractivity contribution in [2.45, 2.75) is 19.9 Å². The van der Waals surface area contributed by atoms with E-state index in [0.29, 0.717) is 5.69 Å². The predicted molar refractivity (Wildman–Crippen MR) is 80.0 cm³/mol. The van der Waals surface area contributed by atoms with E-state index in [4.69, 9.17) is 0 Å². The summed E-state index contributed by atoms with van der Waals surface area (Å²) in [5.41, 5.74) is 5.26.